The number of hydrogen-bond acceptors (Lipinski definition) is 1. The molecule has 0 spiro atoms. The summed E-state index contributed by atoms with van der Waals surface area (Å²) >= 11 is 6.02. The van der Waals surface area contributed by atoms with Gasteiger partial charge in [-0.2, -0.15) is 0 Å². The van der Waals surface area contributed by atoms with Gasteiger partial charge in [-0.15, -0.1) is 0 Å². The Morgan fingerprint density at radius 1 is 0.944 bits per heavy atom. The monoisotopic (exact) mass is 258 g/mol. The molecule has 18 heavy (non-hydrogen) atoms. The summed E-state index contributed by atoms with van der Waals surface area (Å²) in [7, 11) is 1.67. The SMILES string of the molecule is COc1ccc(/C=C/c2cc(C)cc(Cl)c2)cc1. The number of methoxy groups -OCH3 is 1. The van der Waals surface area contributed by atoms with Gasteiger partial charge < -0.3 is 4.74 Å². The molecule has 0 bridgehead atoms. The molecular weight excluding hydrogens is 244 g/mol. The molecule has 1 nitrogen and oxygen atoms in total. The maximum atomic E-state index is 6.02. The third-order valence-corrected chi connectivity index (χ3v) is 2.87. The minimum absolute atomic E-state index is 0.768. The molecule has 0 amide bonds. The minimum Gasteiger partial charge on any atom is -0.497 e. The van der Waals surface area contributed by atoms with Crippen LogP contribution in [0.1, 0.15) is 16.7 Å². The van der Waals surface area contributed by atoms with Gasteiger partial charge in [0.25, 0.3) is 0 Å². The van der Waals surface area contributed by atoms with Crippen molar-refractivity contribution in [1.29, 1.82) is 0 Å². The van der Waals surface area contributed by atoms with Crippen molar-refractivity contribution in [3.63, 3.8) is 0 Å². The smallest absolute Gasteiger partial charge is 0.118 e. The van der Waals surface area contributed by atoms with Gasteiger partial charge >= 0.3 is 0 Å². The van der Waals surface area contributed by atoms with Gasteiger partial charge in [0.2, 0.25) is 0 Å². The number of aryl methyl sites for hydroxylation is 1. The highest BCUT2D eigenvalue weighted by Gasteiger charge is 1.94. The lowest BCUT2D eigenvalue weighted by molar-refractivity contribution is 0.415. The van der Waals surface area contributed by atoms with Crippen LogP contribution in [0.4, 0.5) is 0 Å². The maximum Gasteiger partial charge on any atom is 0.118 e. The molecule has 2 aromatic carbocycles. The van der Waals surface area contributed by atoms with E-state index in [2.05, 4.69) is 18.2 Å². The van der Waals surface area contributed by atoms with Crippen LogP contribution in [-0.4, -0.2) is 7.11 Å². The maximum absolute atomic E-state index is 6.02. The molecule has 0 fully saturated rings. The summed E-state index contributed by atoms with van der Waals surface area (Å²) in [6, 6.07) is 13.9. The quantitative estimate of drug-likeness (QED) is 0.717. The average molecular weight is 259 g/mol. The fourth-order valence-electron chi connectivity index (χ4n) is 1.77. The van der Waals surface area contributed by atoms with Crippen LogP contribution in [0.15, 0.2) is 42.5 Å². The first-order chi connectivity index (χ1) is 8.67. The lowest BCUT2D eigenvalue weighted by atomic mass is 10.1. The Hall–Kier alpha value is -1.73. The van der Waals surface area contributed by atoms with Crippen LogP contribution in [0.3, 0.4) is 0 Å². The molecule has 2 rings (SSSR count). The molecule has 92 valence electrons. The Labute approximate surface area is 113 Å². The third kappa shape index (κ3) is 3.38. The second kappa shape index (κ2) is 5.74. The molecule has 0 heterocycles. The molecule has 2 heteroatoms. The van der Waals surface area contributed by atoms with Crippen LogP contribution in [0.5, 0.6) is 5.75 Å². The highest BCUT2D eigenvalue weighted by atomic mass is 35.5. The highest BCUT2D eigenvalue weighted by Crippen LogP contribution is 2.18. The zero-order valence-corrected chi connectivity index (χ0v) is 11.2. The Kier molecular flexibility index (Phi) is 4.06. The molecule has 0 N–H and O–H groups in total. The van der Waals surface area contributed by atoms with Gasteiger partial charge in [0, 0.05) is 5.02 Å². The van der Waals surface area contributed by atoms with E-state index in [-0.39, 0.29) is 0 Å². The van der Waals surface area contributed by atoms with Gasteiger partial charge in [0.05, 0.1) is 7.11 Å². The van der Waals surface area contributed by atoms with Crippen molar-refractivity contribution in [1.82, 2.24) is 0 Å². The molecule has 0 unspecified atom stereocenters. The van der Waals surface area contributed by atoms with Gasteiger partial charge in [0.15, 0.2) is 0 Å². The van der Waals surface area contributed by atoms with Crippen molar-refractivity contribution in [3.05, 3.63) is 64.2 Å². The van der Waals surface area contributed by atoms with E-state index in [1.54, 1.807) is 7.11 Å². The van der Waals surface area contributed by atoms with E-state index in [1.165, 1.54) is 0 Å². The van der Waals surface area contributed by atoms with Crippen LogP contribution in [0.25, 0.3) is 12.2 Å². The summed E-state index contributed by atoms with van der Waals surface area (Å²) in [6.45, 7) is 2.04. The van der Waals surface area contributed by atoms with E-state index in [9.17, 15) is 0 Å². The van der Waals surface area contributed by atoms with Crippen molar-refractivity contribution >= 4 is 23.8 Å². The van der Waals surface area contributed by atoms with Crippen LogP contribution < -0.4 is 4.74 Å². The van der Waals surface area contributed by atoms with Crippen molar-refractivity contribution in [3.8, 4) is 5.75 Å². The average Bonchev–Trinajstić information content (AvgIpc) is 2.36. The largest absolute Gasteiger partial charge is 0.497 e. The zero-order chi connectivity index (χ0) is 13.0. The molecular formula is C16H15ClO. The standard InChI is InChI=1S/C16H15ClO/c1-12-9-14(11-15(17)10-12)4-3-13-5-7-16(18-2)8-6-13/h3-11H,1-2H3/b4-3+. The van der Waals surface area contributed by atoms with Gasteiger partial charge in [-0.05, 0) is 47.9 Å². The summed E-state index contributed by atoms with van der Waals surface area (Å²) in [4.78, 5) is 0. The normalized spacial score (nSPS) is 10.8. The fraction of sp³-hybridized carbons (Fsp3) is 0.125. The lowest BCUT2D eigenvalue weighted by Crippen LogP contribution is -1.81. The summed E-state index contributed by atoms with van der Waals surface area (Å²) in [5.41, 5.74) is 3.40. The zero-order valence-electron chi connectivity index (χ0n) is 10.5. The predicted molar refractivity (Wildman–Crippen MR) is 78.1 cm³/mol. The van der Waals surface area contributed by atoms with Gasteiger partial charge in [-0.1, -0.05) is 42.0 Å². The van der Waals surface area contributed by atoms with E-state index < -0.39 is 0 Å². The van der Waals surface area contributed by atoms with Crippen LogP contribution in [-0.2, 0) is 0 Å². The van der Waals surface area contributed by atoms with E-state index >= 15 is 0 Å². The first-order valence-electron chi connectivity index (χ1n) is 5.77. The molecule has 0 radical (unpaired) electrons. The minimum atomic E-state index is 0.768. The highest BCUT2D eigenvalue weighted by molar-refractivity contribution is 6.30. The van der Waals surface area contributed by atoms with Crippen molar-refractivity contribution < 1.29 is 4.74 Å². The second-order valence-electron chi connectivity index (χ2n) is 4.17. The van der Waals surface area contributed by atoms with Gasteiger partial charge in [-0.25, -0.2) is 0 Å². The number of benzene rings is 2. The second-order valence-corrected chi connectivity index (χ2v) is 4.60. The van der Waals surface area contributed by atoms with Gasteiger partial charge in [0.1, 0.15) is 5.75 Å². The molecule has 2 aromatic rings. The van der Waals surface area contributed by atoms with E-state index in [0.717, 1.165) is 27.5 Å². The number of halogens is 1. The van der Waals surface area contributed by atoms with E-state index in [4.69, 9.17) is 16.3 Å². The van der Waals surface area contributed by atoms with Crippen LogP contribution in [0, 0.1) is 6.92 Å². The first-order valence-corrected chi connectivity index (χ1v) is 6.14. The van der Waals surface area contributed by atoms with Crippen molar-refractivity contribution in [2.45, 2.75) is 6.92 Å². The first kappa shape index (κ1) is 12.7. The predicted octanol–water partition coefficient (Wildman–Crippen LogP) is 4.83. The number of ether oxygens (including phenoxy) is 1. The van der Waals surface area contributed by atoms with Crippen LogP contribution in [0.2, 0.25) is 5.02 Å². The summed E-state index contributed by atoms with van der Waals surface area (Å²) < 4.78 is 5.12. The Bertz CT molecular complexity index is 536. The van der Waals surface area contributed by atoms with E-state index in [1.807, 2.05) is 43.3 Å². The van der Waals surface area contributed by atoms with Crippen molar-refractivity contribution in [2.75, 3.05) is 7.11 Å². The third-order valence-electron chi connectivity index (χ3n) is 2.65. The summed E-state index contributed by atoms with van der Waals surface area (Å²) in [5.74, 6) is 0.866. The molecule has 0 atom stereocenters. The Morgan fingerprint density at radius 3 is 2.22 bits per heavy atom. The summed E-state index contributed by atoms with van der Waals surface area (Å²) in [5, 5.41) is 0.768. The molecule has 0 saturated carbocycles. The Balaban J connectivity index is 2.18. The molecule has 0 aliphatic carbocycles. The van der Waals surface area contributed by atoms with Crippen LogP contribution >= 0.6 is 11.6 Å². The Morgan fingerprint density at radius 2 is 1.61 bits per heavy atom. The lowest BCUT2D eigenvalue weighted by Gasteiger charge is -2.00. The number of hydrogen-bond donors (Lipinski definition) is 0. The topological polar surface area (TPSA) is 9.23 Å². The molecule has 0 aliphatic rings. The molecule has 0 aromatic heterocycles. The van der Waals surface area contributed by atoms with Crippen molar-refractivity contribution in [2.24, 2.45) is 0 Å². The molecule has 0 aliphatic heterocycles. The molecule has 0 saturated heterocycles. The summed E-state index contributed by atoms with van der Waals surface area (Å²) in [6.07, 6.45) is 4.12. The number of rotatable bonds is 3. The van der Waals surface area contributed by atoms with E-state index in [0.29, 0.717) is 0 Å². The fourth-order valence-corrected chi connectivity index (χ4v) is 2.07. The van der Waals surface area contributed by atoms with Gasteiger partial charge in [-0.3, -0.25) is 0 Å².